The fraction of sp³-hybridized carbons (Fsp3) is 0.467. The number of hydrogen-bond donors (Lipinski definition) is 0. The Balaban J connectivity index is 2.56. The fourth-order valence-electron chi connectivity index (χ4n) is 1.71. The van der Waals surface area contributed by atoms with Crippen LogP contribution < -0.4 is 0 Å². The molecule has 17 heavy (non-hydrogen) atoms. The first-order valence-electron chi connectivity index (χ1n) is 6.10. The summed E-state index contributed by atoms with van der Waals surface area (Å²) in [5.41, 5.74) is 0.974. The lowest BCUT2D eigenvalue weighted by Crippen LogP contribution is -2.23. The highest BCUT2D eigenvalue weighted by atomic mass is 16.1. The third kappa shape index (κ3) is 4.51. The van der Waals surface area contributed by atoms with Gasteiger partial charge in [-0.05, 0) is 18.4 Å². The van der Waals surface area contributed by atoms with Gasteiger partial charge < -0.3 is 0 Å². The Morgan fingerprint density at radius 1 is 1.00 bits per heavy atom. The Morgan fingerprint density at radius 2 is 1.59 bits per heavy atom. The molecule has 0 heterocycles. The van der Waals surface area contributed by atoms with Crippen LogP contribution in [0.25, 0.3) is 0 Å². The number of rotatable bonds is 6. The number of carbonyl (C=O) groups excluding carboxylic acids is 2. The topological polar surface area (TPSA) is 34.1 Å². The van der Waals surface area contributed by atoms with E-state index in [0.717, 1.165) is 5.56 Å². The Hall–Kier alpha value is -1.44. The van der Waals surface area contributed by atoms with E-state index in [0.29, 0.717) is 18.8 Å². The molecule has 0 radical (unpaired) electrons. The van der Waals surface area contributed by atoms with Crippen LogP contribution in [0.1, 0.15) is 32.8 Å². The van der Waals surface area contributed by atoms with Crippen molar-refractivity contribution < 1.29 is 9.59 Å². The minimum Gasteiger partial charge on any atom is -0.299 e. The van der Waals surface area contributed by atoms with E-state index in [1.165, 1.54) is 0 Å². The van der Waals surface area contributed by atoms with Crippen LogP contribution >= 0.6 is 0 Å². The molecule has 1 aromatic carbocycles. The van der Waals surface area contributed by atoms with Crippen molar-refractivity contribution in [1.29, 1.82) is 0 Å². The van der Waals surface area contributed by atoms with Crippen molar-refractivity contribution in [2.75, 3.05) is 0 Å². The van der Waals surface area contributed by atoms with Gasteiger partial charge in [-0.1, -0.05) is 44.2 Å². The van der Waals surface area contributed by atoms with Crippen LogP contribution in [0.2, 0.25) is 0 Å². The molecule has 0 spiro atoms. The van der Waals surface area contributed by atoms with Crippen molar-refractivity contribution in [3.63, 3.8) is 0 Å². The van der Waals surface area contributed by atoms with Gasteiger partial charge >= 0.3 is 0 Å². The number of carbonyl (C=O) groups is 2. The SMILES string of the molecule is CC(C)CC(=O)C(C)C(=O)Cc1ccccc1. The van der Waals surface area contributed by atoms with E-state index in [4.69, 9.17) is 0 Å². The second-order valence-corrected chi connectivity index (χ2v) is 4.91. The second-order valence-electron chi connectivity index (χ2n) is 4.91. The zero-order chi connectivity index (χ0) is 12.8. The first-order chi connectivity index (χ1) is 8.00. The molecular weight excluding hydrogens is 212 g/mol. The molecule has 0 fully saturated rings. The van der Waals surface area contributed by atoms with Crippen LogP contribution in [0.3, 0.4) is 0 Å². The van der Waals surface area contributed by atoms with Gasteiger partial charge in [-0.25, -0.2) is 0 Å². The molecule has 0 N–H and O–H groups in total. The lowest BCUT2D eigenvalue weighted by Gasteiger charge is -2.11. The molecular formula is C15H20O2. The average molecular weight is 232 g/mol. The summed E-state index contributed by atoms with van der Waals surface area (Å²) in [5.74, 6) is -0.0881. The molecule has 0 saturated heterocycles. The van der Waals surface area contributed by atoms with Gasteiger partial charge in [0.15, 0.2) is 0 Å². The summed E-state index contributed by atoms with van der Waals surface area (Å²) in [6, 6.07) is 9.56. The zero-order valence-electron chi connectivity index (χ0n) is 10.8. The zero-order valence-corrected chi connectivity index (χ0v) is 10.8. The van der Waals surface area contributed by atoms with Crippen LogP contribution in [0, 0.1) is 11.8 Å². The van der Waals surface area contributed by atoms with Crippen LogP contribution in [0.15, 0.2) is 30.3 Å². The first-order valence-corrected chi connectivity index (χ1v) is 6.10. The van der Waals surface area contributed by atoms with Gasteiger partial charge in [0.25, 0.3) is 0 Å². The molecule has 1 atom stereocenters. The van der Waals surface area contributed by atoms with E-state index >= 15 is 0 Å². The predicted molar refractivity (Wildman–Crippen MR) is 68.8 cm³/mol. The lowest BCUT2D eigenvalue weighted by molar-refractivity contribution is -0.132. The van der Waals surface area contributed by atoms with Crippen molar-refractivity contribution in [2.45, 2.75) is 33.6 Å². The van der Waals surface area contributed by atoms with E-state index in [1.807, 2.05) is 44.2 Å². The molecule has 0 aliphatic rings. The maximum atomic E-state index is 11.9. The van der Waals surface area contributed by atoms with Crippen molar-refractivity contribution in [2.24, 2.45) is 11.8 Å². The molecule has 0 aromatic heterocycles. The highest BCUT2D eigenvalue weighted by Gasteiger charge is 2.21. The third-order valence-electron chi connectivity index (χ3n) is 2.80. The smallest absolute Gasteiger partial charge is 0.147 e. The maximum absolute atomic E-state index is 11.9. The quantitative estimate of drug-likeness (QED) is 0.706. The second kappa shape index (κ2) is 6.33. The van der Waals surface area contributed by atoms with Crippen molar-refractivity contribution in [1.82, 2.24) is 0 Å². The Bertz CT molecular complexity index is 379. The van der Waals surface area contributed by atoms with Crippen molar-refractivity contribution >= 4 is 11.6 Å². The van der Waals surface area contributed by atoms with Gasteiger partial charge in [0.2, 0.25) is 0 Å². The minimum atomic E-state index is -0.474. The maximum Gasteiger partial charge on any atom is 0.147 e. The minimum absolute atomic E-state index is 0.0156. The summed E-state index contributed by atoms with van der Waals surface area (Å²) in [6.07, 6.45) is 0.841. The van der Waals surface area contributed by atoms with Crippen LogP contribution in [-0.4, -0.2) is 11.6 Å². The highest BCUT2D eigenvalue weighted by molar-refractivity contribution is 6.02. The Morgan fingerprint density at radius 3 is 2.12 bits per heavy atom. The summed E-state index contributed by atoms with van der Waals surface area (Å²) in [5, 5.41) is 0. The Kier molecular flexibility index (Phi) is 5.08. The number of ketones is 2. The van der Waals surface area contributed by atoms with Crippen molar-refractivity contribution in [3.05, 3.63) is 35.9 Å². The van der Waals surface area contributed by atoms with E-state index in [1.54, 1.807) is 6.92 Å². The third-order valence-corrected chi connectivity index (χ3v) is 2.80. The summed E-state index contributed by atoms with van der Waals surface area (Å²) in [7, 11) is 0. The Labute approximate surface area is 103 Å². The van der Waals surface area contributed by atoms with Crippen molar-refractivity contribution in [3.8, 4) is 0 Å². The highest BCUT2D eigenvalue weighted by Crippen LogP contribution is 2.12. The van der Waals surface area contributed by atoms with Gasteiger partial charge in [0, 0.05) is 12.8 Å². The molecule has 1 aromatic rings. The molecule has 2 nitrogen and oxygen atoms in total. The lowest BCUT2D eigenvalue weighted by atomic mass is 9.91. The van der Waals surface area contributed by atoms with E-state index < -0.39 is 5.92 Å². The summed E-state index contributed by atoms with van der Waals surface area (Å²) < 4.78 is 0. The predicted octanol–water partition coefficient (Wildman–Crippen LogP) is 3.05. The molecule has 1 rings (SSSR count). The fourth-order valence-corrected chi connectivity index (χ4v) is 1.71. The van der Waals surface area contributed by atoms with Gasteiger partial charge in [-0.3, -0.25) is 9.59 Å². The molecule has 1 unspecified atom stereocenters. The number of hydrogen-bond acceptors (Lipinski definition) is 2. The van der Waals surface area contributed by atoms with Crippen LogP contribution in [0.5, 0.6) is 0 Å². The summed E-state index contributed by atoms with van der Waals surface area (Å²) in [4.78, 5) is 23.7. The molecule has 0 amide bonds. The summed E-state index contributed by atoms with van der Waals surface area (Å²) in [6.45, 7) is 5.70. The molecule has 0 aliphatic heterocycles. The van der Waals surface area contributed by atoms with Gasteiger partial charge in [-0.15, -0.1) is 0 Å². The standard InChI is InChI=1S/C15H20O2/c1-11(2)9-14(16)12(3)15(17)10-13-7-5-4-6-8-13/h4-8,11-12H,9-10H2,1-3H3. The molecule has 2 heteroatoms. The number of benzene rings is 1. The van der Waals surface area contributed by atoms with Crippen LogP contribution in [0.4, 0.5) is 0 Å². The number of Topliss-reactive ketones (excluding diaryl/α,β-unsaturated/α-hetero) is 2. The first kappa shape index (κ1) is 13.6. The van der Waals surface area contributed by atoms with Crippen LogP contribution in [-0.2, 0) is 16.0 Å². The summed E-state index contributed by atoms with van der Waals surface area (Å²) >= 11 is 0. The van der Waals surface area contributed by atoms with Gasteiger partial charge in [0.1, 0.15) is 11.6 Å². The van der Waals surface area contributed by atoms with E-state index in [9.17, 15) is 9.59 Å². The molecule has 92 valence electrons. The largest absolute Gasteiger partial charge is 0.299 e. The average Bonchev–Trinajstić information content (AvgIpc) is 2.28. The molecule has 0 bridgehead atoms. The molecule has 0 aliphatic carbocycles. The monoisotopic (exact) mass is 232 g/mol. The van der Waals surface area contributed by atoms with Gasteiger partial charge in [-0.2, -0.15) is 0 Å². The normalized spacial score (nSPS) is 12.5. The van der Waals surface area contributed by atoms with E-state index in [-0.39, 0.29) is 11.6 Å². The molecule has 0 saturated carbocycles. The van der Waals surface area contributed by atoms with Gasteiger partial charge in [0.05, 0.1) is 5.92 Å². The van der Waals surface area contributed by atoms with E-state index in [2.05, 4.69) is 0 Å².